The lowest BCUT2D eigenvalue weighted by Crippen LogP contribution is -2.50. The van der Waals surface area contributed by atoms with E-state index in [9.17, 15) is 5.11 Å². The molecule has 1 saturated carbocycles. The fourth-order valence-corrected chi connectivity index (χ4v) is 3.75. The van der Waals surface area contributed by atoms with Crippen LogP contribution in [-0.4, -0.2) is 11.7 Å². The maximum atomic E-state index is 11.4. The molecular weight excluding hydrogens is 246 g/mol. The Morgan fingerprint density at radius 1 is 1.30 bits per heavy atom. The molecule has 112 valence electrons. The van der Waals surface area contributed by atoms with Crippen molar-refractivity contribution in [1.29, 1.82) is 0 Å². The lowest BCUT2D eigenvalue weighted by atomic mass is 9.59. The summed E-state index contributed by atoms with van der Waals surface area (Å²) in [6, 6.07) is 6.34. The number of benzene rings is 1. The summed E-state index contributed by atoms with van der Waals surface area (Å²) in [5, 5.41) is 11.4. The van der Waals surface area contributed by atoms with Crippen molar-refractivity contribution in [3.63, 3.8) is 0 Å². The Kier molecular flexibility index (Phi) is 4.27. The van der Waals surface area contributed by atoms with Gasteiger partial charge in [-0.15, -0.1) is 0 Å². The maximum absolute atomic E-state index is 11.4. The van der Waals surface area contributed by atoms with Crippen LogP contribution in [0.3, 0.4) is 0 Å². The van der Waals surface area contributed by atoms with Gasteiger partial charge in [-0.2, -0.15) is 0 Å². The van der Waals surface area contributed by atoms with Crippen molar-refractivity contribution in [2.24, 2.45) is 17.1 Å². The van der Waals surface area contributed by atoms with E-state index >= 15 is 0 Å². The summed E-state index contributed by atoms with van der Waals surface area (Å²) in [5.74, 6) is 0.754. The quantitative estimate of drug-likeness (QED) is 0.884. The van der Waals surface area contributed by atoms with Crippen LogP contribution in [0.1, 0.15) is 56.2 Å². The Hall–Kier alpha value is -0.860. The zero-order chi connectivity index (χ0) is 15.0. The third-order valence-corrected chi connectivity index (χ3v) is 5.57. The first-order valence-corrected chi connectivity index (χ1v) is 7.82. The van der Waals surface area contributed by atoms with E-state index in [-0.39, 0.29) is 5.41 Å². The Morgan fingerprint density at radius 3 is 2.45 bits per heavy atom. The van der Waals surface area contributed by atoms with Gasteiger partial charge in [0.2, 0.25) is 0 Å². The molecule has 0 spiro atoms. The zero-order valence-electron chi connectivity index (χ0n) is 13.4. The molecule has 1 atom stereocenters. The molecule has 0 radical (unpaired) electrons. The highest BCUT2D eigenvalue weighted by Gasteiger charge is 2.48. The van der Waals surface area contributed by atoms with Gasteiger partial charge in [-0.3, -0.25) is 0 Å². The minimum Gasteiger partial charge on any atom is -0.385 e. The van der Waals surface area contributed by atoms with E-state index in [2.05, 4.69) is 39.0 Å². The van der Waals surface area contributed by atoms with Crippen LogP contribution in [0.5, 0.6) is 0 Å². The summed E-state index contributed by atoms with van der Waals surface area (Å²) < 4.78 is 0. The van der Waals surface area contributed by atoms with Gasteiger partial charge in [0.1, 0.15) is 0 Å². The Labute approximate surface area is 123 Å². The fourth-order valence-electron chi connectivity index (χ4n) is 3.75. The minimum absolute atomic E-state index is 0.182. The van der Waals surface area contributed by atoms with Crippen LogP contribution in [0.4, 0.5) is 0 Å². The highest BCUT2D eigenvalue weighted by Crippen LogP contribution is 2.51. The summed E-state index contributed by atoms with van der Waals surface area (Å²) in [4.78, 5) is 0. The highest BCUT2D eigenvalue weighted by molar-refractivity contribution is 5.36. The average molecular weight is 275 g/mol. The Balaban J connectivity index is 2.43. The van der Waals surface area contributed by atoms with E-state index in [1.165, 1.54) is 5.56 Å². The average Bonchev–Trinajstić information content (AvgIpc) is 2.42. The molecule has 1 aromatic rings. The van der Waals surface area contributed by atoms with Crippen molar-refractivity contribution in [3.05, 3.63) is 34.9 Å². The van der Waals surface area contributed by atoms with E-state index < -0.39 is 5.60 Å². The molecule has 0 heterocycles. The lowest BCUT2D eigenvalue weighted by molar-refractivity contribution is -0.0974. The van der Waals surface area contributed by atoms with E-state index in [1.807, 2.05) is 6.92 Å². The van der Waals surface area contributed by atoms with E-state index in [0.717, 1.165) is 42.7 Å². The molecule has 20 heavy (non-hydrogen) atoms. The van der Waals surface area contributed by atoms with Gasteiger partial charge in [0.15, 0.2) is 0 Å². The maximum Gasteiger partial charge on any atom is 0.0939 e. The lowest BCUT2D eigenvalue weighted by Gasteiger charge is -2.49. The monoisotopic (exact) mass is 275 g/mol. The molecule has 1 fully saturated rings. The van der Waals surface area contributed by atoms with Crippen molar-refractivity contribution < 1.29 is 5.11 Å². The first-order valence-electron chi connectivity index (χ1n) is 7.82. The first-order chi connectivity index (χ1) is 9.32. The standard InChI is InChI=1S/C18H29NO/c1-13-7-9-18(12-19,10-8-13)17(4,20)16-11-14(2)5-6-15(16)3/h5-6,11,13,20H,7-10,12,19H2,1-4H3. The molecule has 2 nitrogen and oxygen atoms in total. The number of aliphatic hydroxyl groups is 1. The summed E-state index contributed by atoms with van der Waals surface area (Å²) in [7, 11) is 0. The summed E-state index contributed by atoms with van der Waals surface area (Å²) in [6.07, 6.45) is 4.37. The van der Waals surface area contributed by atoms with Gasteiger partial charge in [-0.25, -0.2) is 0 Å². The van der Waals surface area contributed by atoms with Crippen LogP contribution in [0.2, 0.25) is 0 Å². The molecule has 0 amide bonds. The van der Waals surface area contributed by atoms with Crippen molar-refractivity contribution in [3.8, 4) is 0 Å². The SMILES string of the molecule is Cc1ccc(C)c(C(C)(O)C2(CN)CCC(C)CC2)c1. The van der Waals surface area contributed by atoms with Crippen molar-refractivity contribution in [2.45, 2.75) is 59.0 Å². The van der Waals surface area contributed by atoms with E-state index in [4.69, 9.17) is 5.73 Å². The van der Waals surface area contributed by atoms with Crippen molar-refractivity contribution >= 4 is 0 Å². The molecule has 0 aliphatic heterocycles. The van der Waals surface area contributed by atoms with Gasteiger partial charge in [-0.1, -0.05) is 43.5 Å². The molecule has 1 aromatic carbocycles. The van der Waals surface area contributed by atoms with Crippen LogP contribution >= 0.6 is 0 Å². The molecular formula is C18H29NO. The van der Waals surface area contributed by atoms with Gasteiger partial charge in [-0.05, 0) is 50.7 Å². The summed E-state index contributed by atoms with van der Waals surface area (Å²) >= 11 is 0. The molecule has 2 rings (SSSR count). The number of hydrogen-bond acceptors (Lipinski definition) is 2. The molecule has 1 unspecified atom stereocenters. The first kappa shape index (κ1) is 15.5. The number of rotatable bonds is 3. The van der Waals surface area contributed by atoms with Crippen molar-refractivity contribution in [2.75, 3.05) is 6.54 Å². The van der Waals surface area contributed by atoms with Gasteiger partial charge >= 0.3 is 0 Å². The Morgan fingerprint density at radius 2 is 1.90 bits per heavy atom. The second-order valence-electron chi connectivity index (χ2n) is 7.06. The fraction of sp³-hybridized carbons (Fsp3) is 0.667. The van der Waals surface area contributed by atoms with Crippen LogP contribution in [0, 0.1) is 25.2 Å². The molecule has 1 aliphatic carbocycles. The summed E-state index contributed by atoms with van der Waals surface area (Å²) in [6.45, 7) is 8.99. The van der Waals surface area contributed by atoms with Gasteiger partial charge in [0.25, 0.3) is 0 Å². The highest BCUT2D eigenvalue weighted by atomic mass is 16.3. The third kappa shape index (κ3) is 2.51. The second kappa shape index (κ2) is 5.50. The minimum atomic E-state index is -0.849. The molecule has 3 N–H and O–H groups in total. The molecule has 0 bridgehead atoms. The normalized spacial score (nSPS) is 30.0. The van der Waals surface area contributed by atoms with Crippen molar-refractivity contribution in [1.82, 2.24) is 0 Å². The molecule has 1 aliphatic rings. The number of aryl methyl sites for hydroxylation is 2. The third-order valence-electron chi connectivity index (χ3n) is 5.57. The number of hydrogen-bond donors (Lipinski definition) is 2. The summed E-state index contributed by atoms with van der Waals surface area (Å²) in [5.41, 5.74) is 8.51. The van der Waals surface area contributed by atoms with E-state index in [0.29, 0.717) is 6.54 Å². The predicted octanol–water partition coefficient (Wildman–Crippen LogP) is 3.67. The number of nitrogens with two attached hydrogens (primary N) is 1. The zero-order valence-corrected chi connectivity index (χ0v) is 13.4. The van der Waals surface area contributed by atoms with Crippen LogP contribution in [0.15, 0.2) is 18.2 Å². The predicted molar refractivity (Wildman–Crippen MR) is 84.6 cm³/mol. The molecule has 2 heteroatoms. The smallest absolute Gasteiger partial charge is 0.0939 e. The van der Waals surface area contributed by atoms with Crippen LogP contribution < -0.4 is 5.73 Å². The van der Waals surface area contributed by atoms with Gasteiger partial charge < -0.3 is 10.8 Å². The topological polar surface area (TPSA) is 46.2 Å². The van der Waals surface area contributed by atoms with E-state index in [1.54, 1.807) is 0 Å². The molecule has 0 aromatic heterocycles. The van der Waals surface area contributed by atoms with Crippen LogP contribution in [-0.2, 0) is 5.60 Å². The largest absolute Gasteiger partial charge is 0.385 e. The Bertz CT molecular complexity index is 470. The van der Waals surface area contributed by atoms with Gasteiger partial charge in [0, 0.05) is 12.0 Å². The second-order valence-corrected chi connectivity index (χ2v) is 7.06. The molecule has 0 saturated heterocycles. The van der Waals surface area contributed by atoms with Gasteiger partial charge in [0.05, 0.1) is 5.60 Å². The van der Waals surface area contributed by atoms with Crippen LogP contribution in [0.25, 0.3) is 0 Å².